The van der Waals surface area contributed by atoms with Gasteiger partial charge in [-0.05, 0) is 37.5 Å². The summed E-state index contributed by atoms with van der Waals surface area (Å²) in [5, 5.41) is 0.292. The fourth-order valence-corrected chi connectivity index (χ4v) is 3.65. The van der Waals surface area contributed by atoms with Crippen LogP contribution in [0.1, 0.15) is 31.7 Å². The Bertz CT molecular complexity index is 823. The van der Waals surface area contributed by atoms with Crippen molar-refractivity contribution in [2.75, 3.05) is 18.0 Å². The van der Waals surface area contributed by atoms with Gasteiger partial charge < -0.3 is 14.4 Å². The lowest BCUT2D eigenvalue weighted by Gasteiger charge is -2.30. The molecule has 0 N–H and O–H groups in total. The van der Waals surface area contributed by atoms with E-state index in [2.05, 4.69) is 4.90 Å². The largest absolute Gasteiger partial charge is 0.444 e. The molecule has 1 fully saturated rings. The quantitative estimate of drug-likeness (QED) is 0.725. The number of fused-ring (bicyclic) bond motifs is 1. The van der Waals surface area contributed by atoms with Crippen LogP contribution in [0.5, 0.6) is 11.5 Å². The standard InChI is InChI=1S/C19H18ClF2NO2/c1-19(14-6-5-12(20)9-15(14)22)24-17-11-13(21)10-16(18(17)25-19)23-7-3-2-4-8-23/h5-6,9-11H,2-4,7-8H2,1H3. The Morgan fingerprint density at radius 3 is 2.52 bits per heavy atom. The molecule has 6 heteroatoms. The van der Waals surface area contributed by atoms with Crippen molar-refractivity contribution in [3.63, 3.8) is 0 Å². The van der Waals surface area contributed by atoms with Crippen molar-refractivity contribution in [2.45, 2.75) is 32.0 Å². The first-order valence-corrected chi connectivity index (χ1v) is 8.76. The monoisotopic (exact) mass is 365 g/mol. The maximum Gasteiger partial charge on any atom is 0.278 e. The molecule has 0 spiro atoms. The van der Waals surface area contributed by atoms with Crippen LogP contribution in [0.2, 0.25) is 5.02 Å². The van der Waals surface area contributed by atoms with Gasteiger partial charge in [-0.2, -0.15) is 0 Å². The van der Waals surface area contributed by atoms with E-state index in [1.54, 1.807) is 13.0 Å². The number of benzene rings is 2. The van der Waals surface area contributed by atoms with Gasteiger partial charge in [-0.3, -0.25) is 0 Å². The summed E-state index contributed by atoms with van der Waals surface area (Å²) < 4.78 is 40.4. The minimum absolute atomic E-state index is 0.220. The van der Waals surface area contributed by atoms with E-state index >= 15 is 0 Å². The number of hydrogen-bond acceptors (Lipinski definition) is 3. The molecule has 2 aliphatic heterocycles. The second-order valence-electron chi connectivity index (χ2n) is 6.57. The zero-order chi connectivity index (χ0) is 17.6. The van der Waals surface area contributed by atoms with E-state index < -0.39 is 17.4 Å². The van der Waals surface area contributed by atoms with Gasteiger partial charge in [-0.25, -0.2) is 8.78 Å². The van der Waals surface area contributed by atoms with Crippen molar-refractivity contribution in [1.82, 2.24) is 0 Å². The fraction of sp³-hybridized carbons (Fsp3) is 0.368. The number of hydrogen-bond donors (Lipinski definition) is 0. The minimum atomic E-state index is -1.37. The predicted molar refractivity (Wildman–Crippen MR) is 92.5 cm³/mol. The van der Waals surface area contributed by atoms with Crippen LogP contribution in [0.4, 0.5) is 14.5 Å². The Hall–Kier alpha value is -2.01. The van der Waals surface area contributed by atoms with E-state index in [1.165, 1.54) is 30.7 Å². The van der Waals surface area contributed by atoms with E-state index in [9.17, 15) is 8.78 Å². The van der Waals surface area contributed by atoms with E-state index in [0.717, 1.165) is 25.9 Å². The van der Waals surface area contributed by atoms with Crippen molar-refractivity contribution in [2.24, 2.45) is 0 Å². The Balaban J connectivity index is 1.74. The summed E-state index contributed by atoms with van der Waals surface area (Å²) in [6.07, 6.45) is 3.27. The van der Waals surface area contributed by atoms with Crippen LogP contribution < -0.4 is 14.4 Å². The van der Waals surface area contributed by atoms with Crippen molar-refractivity contribution in [3.05, 3.63) is 52.6 Å². The highest BCUT2D eigenvalue weighted by Crippen LogP contribution is 2.50. The maximum atomic E-state index is 14.4. The van der Waals surface area contributed by atoms with Gasteiger partial charge in [0.2, 0.25) is 0 Å². The smallest absolute Gasteiger partial charge is 0.278 e. The average molecular weight is 366 g/mol. The molecule has 0 bridgehead atoms. The van der Waals surface area contributed by atoms with Crippen molar-refractivity contribution in [1.29, 1.82) is 0 Å². The number of halogens is 3. The van der Waals surface area contributed by atoms with Gasteiger partial charge in [0.25, 0.3) is 5.79 Å². The average Bonchev–Trinajstić information content (AvgIpc) is 2.91. The summed E-state index contributed by atoms with van der Waals surface area (Å²) in [7, 11) is 0. The predicted octanol–water partition coefficient (Wildman–Crippen LogP) is 5.25. The summed E-state index contributed by atoms with van der Waals surface area (Å²) in [6.45, 7) is 3.30. The van der Waals surface area contributed by atoms with E-state index in [0.29, 0.717) is 16.5 Å². The second-order valence-corrected chi connectivity index (χ2v) is 7.01. The third-order valence-electron chi connectivity index (χ3n) is 4.72. The van der Waals surface area contributed by atoms with Crippen LogP contribution in [0, 0.1) is 11.6 Å². The fourth-order valence-electron chi connectivity index (χ4n) is 3.50. The van der Waals surface area contributed by atoms with Crippen LogP contribution in [0.3, 0.4) is 0 Å². The molecule has 1 atom stereocenters. The molecule has 1 unspecified atom stereocenters. The van der Waals surface area contributed by atoms with Gasteiger partial charge in [0.1, 0.15) is 11.6 Å². The molecular formula is C19H18ClF2NO2. The van der Waals surface area contributed by atoms with Gasteiger partial charge in [0.15, 0.2) is 11.5 Å². The first-order chi connectivity index (χ1) is 12.0. The SMILES string of the molecule is CC1(c2ccc(Cl)cc2F)Oc2cc(F)cc(N3CCCCC3)c2O1. The lowest BCUT2D eigenvalue weighted by Crippen LogP contribution is -2.33. The maximum absolute atomic E-state index is 14.4. The third-order valence-corrected chi connectivity index (χ3v) is 4.95. The molecule has 132 valence electrons. The molecule has 2 heterocycles. The normalized spacial score (nSPS) is 22.3. The van der Waals surface area contributed by atoms with Crippen LogP contribution >= 0.6 is 11.6 Å². The number of ether oxygens (including phenoxy) is 2. The number of anilines is 1. The molecular weight excluding hydrogens is 348 g/mol. The Morgan fingerprint density at radius 2 is 1.80 bits per heavy atom. The van der Waals surface area contributed by atoms with Gasteiger partial charge in [0.05, 0.1) is 11.3 Å². The lowest BCUT2D eigenvalue weighted by molar-refractivity contribution is -0.0705. The molecule has 0 aromatic heterocycles. The highest BCUT2D eigenvalue weighted by Gasteiger charge is 2.43. The highest BCUT2D eigenvalue weighted by atomic mass is 35.5. The van der Waals surface area contributed by atoms with Crippen LogP contribution in [0.25, 0.3) is 0 Å². The summed E-state index contributed by atoms with van der Waals surface area (Å²) in [6, 6.07) is 7.05. The van der Waals surface area contributed by atoms with Gasteiger partial charge in [-0.15, -0.1) is 0 Å². The van der Waals surface area contributed by atoms with Gasteiger partial charge in [-0.1, -0.05) is 11.6 Å². The summed E-state index contributed by atoms with van der Waals surface area (Å²) in [5.74, 6) is -1.54. The zero-order valence-corrected chi connectivity index (χ0v) is 14.6. The van der Waals surface area contributed by atoms with E-state index in [4.69, 9.17) is 21.1 Å². The number of rotatable bonds is 2. The summed E-state index contributed by atoms with van der Waals surface area (Å²) in [4.78, 5) is 2.10. The molecule has 2 aromatic carbocycles. The lowest BCUT2D eigenvalue weighted by atomic mass is 10.1. The first-order valence-electron chi connectivity index (χ1n) is 8.38. The van der Waals surface area contributed by atoms with Crippen molar-refractivity contribution < 1.29 is 18.3 Å². The first kappa shape index (κ1) is 16.5. The van der Waals surface area contributed by atoms with Gasteiger partial charge in [0, 0.05) is 37.2 Å². The van der Waals surface area contributed by atoms with Gasteiger partial charge >= 0.3 is 0 Å². The zero-order valence-electron chi connectivity index (χ0n) is 13.8. The van der Waals surface area contributed by atoms with Crippen molar-refractivity contribution >= 4 is 17.3 Å². The Labute approximate surface area is 150 Å². The second kappa shape index (κ2) is 6.06. The molecule has 0 amide bonds. The molecule has 25 heavy (non-hydrogen) atoms. The molecule has 0 radical (unpaired) electrons. The topological polar surface area (TPSA) is 21.7 Å². The van der Waals surface area contributed by atoms with Crippen LogP contribution in [-0.2, 0) is 5.79 Å². The van der Waals surface area contributed by atoms with Crippen LogP contribution in [0.15, 0.2) is 30.3 Å². The number of piperidine rings is 1. The number of nitrogens with zero attached hydrogens (tertiary/aromatic N) is 1. The van der Waals surface area contributed by atoms with Crippen LogP contribution in [-0.4, -0.2) is 13.1 Å². The Kier molecular flexibility index (Phi) is 3.99. The van der Waals surface area contributed by atoms with E-state index in [1.807, 2.05) is 0 Å². The summed E-state index contributed by atoms with van der Waals surface area (Å²) >= 11 is 5.83. The highest BCUT2D eigenvalue weighted by molar-refractivity contribution is 6.30. The minimum Gasteiger partial charge on any atom is -0.444 e. The molecule has 2 aliphatic rings. The summed E-state index contributed by atoms with van der Waals surface area (Å²) in [5.41, 5.74) is 0.880. The molecule has 2 aromatic rings. The Morgan fingerprint density at radius 1 is 1.04 bits per heavy atom. The third kappa shape index (κ3) is 2.91. The molecule has 0 saturated carbocycles. The molecule has 0 aliphatic carbocycles. The molecule has 1 saturated heterocycles. The van der Waals surface area contributed by atoms with Crippen molar-refractivity contribution in [3.8, 4) is 11.5 Å². The van der Waals surface area contributed by atoms with E-state index in [-0.39, 0.29) is 11.3 Å². The molecule has 3 nitrogen and oxygen atoms in total. The molecule has 4 rings (SSSR count).